The highest BCUT2D eigenvalue weighted by Gasteiger charge is 2.22. The van der Waals surface area contributed by atoms with E-state index in [1.165, 1.54) is 0 Å². The molecule has 0 fully saturated rings. The number of carbonyl (C=O) groups is 1. The molecule has 0 aromatic heterocycles. The summed E-state index contributed by atoms with van der Waals surface area (Å²) in [5.41, 5.74) is 6.25. The zero-order valence-corrected chi connectivity index (χ0v) is 12.3. The van der Waals surface area contributed by atoms with E-state index >= 15 is 0 Å². The first-order chi connectivity index (χ1) is 7.78. The molecular weight excluding hydrogens is 273 g/mol. The third-order valence-corrected chi connectivity index (χ3v) is 2.33. The summed E-state index contributed by atoms with van der Waals surface area (Å²) in [6, 6.07) is 6.62. The van der Waals surface area contributed by atoms with Crippen LogP contribution in [0, 0.1) is 0 Å². The Balaban J connectivity index is 0.00000289. The van der Waals surface area contributed by atoms with Crippen molar-refractivity contribution in [2.24, 2.45) is 5.73 Å². The van der Waals surface area contributed by atoms with Crippen LogP contribution in [-0.2, 0) is 16.0 Å². The van der Waals surface area contributed by atoms with E-state index in [9.17, 15) is 4.79 Å². The largest absolute Gasteiger partial charge is 0.459 e. The van der Waals surface area contributed by atoms with Crippen molar-refractivity contribution in [3.63, 3.8) is 0 Å². The molecule has 1 atom stereocenters. The normalized spacial score (nSPS) is 12.5. The molecule has 2 N–H and O–H groups in total. The van der Waals surface area contributed by atoms with Crippen molar-refractivity contribution < 1.29 is 9.53 Å². The molecule has 5 heteroatoms. The lowest BCUT2D eigenvalue weighted by atomic mass is 10.1. The van der Waals surface area contributed by atoms with E-state index in [0.29, 0.717) is 11.4 Å². The van der Waals surface area contributed by atoms with E-state index in [1.807, 2.05) is 32.9 Å². The number of ether oxygens (including phenoxy) is 1. The van der Waals surface area contributed by atoms with E-state index < -0.39 is 11.6 Å². The Morgan fingerprint density at radius 3 is 2.28 bits per heavy atom. The van der Waals surface area contributed by atoms with Gasteiger partial charge in [-0.25, -0.2) is 0 Å². The van der Waals surface area contributed by atoms with E-state index in [0.717, 1.165) is 5.56 Å². The Bertz CT molecular complexity index is 385. The molecule has 0 heterocycles. The van der Waals surface area contributed by atoms with Crippen LogP contribution >= 0.6 is 24.0 Å². The summed E-state index contributed by atoms with van der Waals surface area (Å²) in [4.78, 5) is 11.7. The van der Waals surface area contributed by atoms with Crippen LogP contribution in [0.15, 0.2) is 24.3 Å². The van der Waals surface area contributed by atoms with Gasteiger partial charge in [-0.05, 0) is 44.9 Å². The average molecular weight is 292 g/mol. The number of esters is 1. The smallest absolute Gasteiger partial charge is 0.323 e. The molecule has 18 heavy (non-hydrogen) atoms. The maximum absolute atomic E-state index is 11.7. The van der Waals surface area contributed by atoms with Crippen molar-refractivity contribution in [1.82, 2.24) is 0 Å². The van der Waals surface area contributed by atoms with Gasteiger partial charge in [0, 0.05) is 5.02 Å². The second-order valence-electron chi connectivity index (χ2n) is 4.97. The van der Waals surface area contributed by atoms with Gasteiger partial charge in [0.15, 0.2) is 0 Å². The van der Waals surface area contributed by atoms with E-state index in [-0.39, 0.29) is 18.4 Å². The summed E-state index contributed by atoms with van der Waals surface area (Å²) in [6.45, 7) is 5.46. The predicted molar refractivity (Wildman–Crippen MR) is 76.2 cm³/mol. The van der Waals surface area contributed by atoms with Crippen molar-refractivity contribution >= 4 is 30.0 Å². The molecule has 0 aliphatic heterocycles. The summed E-state index contributed by atoms with van der Waals surface area (Å²) in [5, 5.41) is 0.666. The highest BCUT2D eigenvalue weighted by Crippen LogP contribution is 2.13. The minimum Gasteiger partial charge on any atom is -0.459 e. The molecule has 0 spiro atoms. The second-order valence-corrected chi connectivity index (χ2v) is 5.41. The highest BCUT2D eigenvalue weighted by molar-refractivity contribution is 6.30. The molecule has 1 rings (SSSR count). The molecular formula is C13H19Cl2NO2. The van der Waals surface area contributed by atoms with Crippen molar-refractivity contribution in [1.29, 1.82) is 0 Å². The Kier molecular flexibility index (Phi) is 6.68. The average Bonchev–Trinajstić information content (AvgIpc) is 2.19. The lowest BCUT2D eigenvalue weighted by Gasteiger charge is -2.22. The van der Waals surface area contributed by atoms with Gasteiger partial charge in [-0.1, -0.05) is 23.7 Å². The summed E-state index contributed by atoms with van der Waals surface area (Å²) in [5.74, 6) is -0.382. The number of carbonyl (C=O) groups excluding carboxylic acids is 1. The van der Waals surface area contributed by atoms with Crippen molar-refractivity contribution in [3.8, 4) is 0 Å². The Labute approximate surface area is 119 Å². The minimum atomic E-state index is -0.643. The molecule has 102 valence electrons. The monoisotopic (exact) mass is 291 g/mol. The van der Waals surface area contributed by atoms with Gasteiger partial charge in [0.25, 0.3) is 0 Å². The SMILES string of the molecule is CC(C)(C)OC(=O)C(N)Cc1ccc(Cl)cc1.Cl. The zero-order chi connectivity index (χ0) is 13.1. The fraction of sp³-hybridized carbons (Fsp3) is 0.462. The van der Waals surface area contributed by atoms with Crippen LogP contribution in [0.1, 0.15) is 26.3 Å². The van der Waals surface area contributed by atoms with Crippen LogP contribution in [0.25, 0.3) is 0 Å². The quantitative estimate of drug-likeness (QED) is 0.871. The van der Waals surface area contributed by atoms with Gasteiger partial charge in [-0.15, -0.1) is 12.4 Å². The van der Waals surface area contributed by atoms with Crippen LogP contribution in [-0.4, -0.2) is 17.6 Å². The first-order valence-electron chi connectivity index (χ1n) is 5.51. The summed E-state index contributed by atoms with van der Waals surface area (Å²) >= 11 is 5.78. The number of rotatable bonds is 3. The number of hydrogen-bond donors (Lipinski definition) is 1. The third-order valence-electron chi connectivity index (χ3n) is 2.08. The maximum atomic E-state index is 11.7. The van der Waals surface area contributed by atoms with Crippen LogP contribution in [0.5, 0.6) is 0 Å². The van der Waals surface area contributed by atoms with Gasteiger partial charge < -0.3 is 10.5 Å². The van der Waals surface area contributed by atoms with E-state index in [4.69, 9.17) is 22.1 Å². The number of hydrogen-bond acceptors (Lipinski definition) is 3. The van der Waals surface area contributed by atoms with Crippen molar-refractivity contribution in [2.75, 3.05) is 0 Å². The number of benzene rings is 1. The third kappa shape index (κ3) is 6.24. The molecule has 0 amide bonds. The van der Waals surface area contributed by atoms with Gasteiger partial charge >= 0.3 is 5.97 Å². The molecule has 0 aliphatic rings. The Hall–Kier alpha value is -0.770. The summed E-state index contributed by atoms with van der Waals surface area (Å²) in [6.07, 6.45) is 0.450. The molecule has 0 saturated carbocycles. The molecule has 1 aromatic carbocycles. The van der Waals surface area contributed by atoms with Crippen LogP contribution in [0.2, 0.25) is 5.02 Å². The van der Waals surface area contributed by atoms with Gasteiger partial charge in [-0.3, -0.25) is 4.79 Å². The summed E-state index contributed by atoms with van der Waals surface area (Å²) < 4.78 is 5.21. The molecule has 3 nitrogen and oxygen atoms in total. The number of halogens is 2. The fourth-order valence-corrected chi connectivity index (χ4v) is 1.46. The van der Waals surface area contributed by atoms with Gasteiger partial charge in [-0.2, -0.15) is 0 Å². The lowest BCUT2D eigenvalue weighted by Crippen LogP contribution is -2.38. The number of nitrogens with two attached hydrogens (primary N) is 1. The van der Waals surface area contributed by atoms with Gasteiger partial charge in [0.1, 0.15) is 11.6 Å². The van der Waals surface area contributed by atoms with E-state index in [1.54, 1.807) is 12.1 Å². The standard InChI is InChI=1S/C13H18ClNO2.ClH/c1-13(2,3)17-12(16)11(15)8-9-4-6-10(14)7-5-9;/h4-7,11H,8,15H2,1-3H3;1H. The predicted octanol–water partition coefficient (Wildman–Crippen LogP) is 2.97. The Morgan fingerprint density at radius 1 is 1.33 bits per heavy atom. The van der Waals surface area contributed by atoms with Crippen LogP contribution < -0.4 is 5.73 Å². The van der Waals surface area contributed by atoms with Crippen molar-refractivity contribution in [2.45, 2.75) is 38.8 Å². The molecule has 0 bridgehead atoms. The highest BCUT2D eigenvalue weighted by atomic mass is 35.5. The van der Waals surface area contributed by atoms with Gasteiger partial charge in [0.2, 0.25) is 0 Å². The van der Waals surface area contributed by atoms with Crippen LogP contribution in [0.3, 0.4) is 0 Å². The summed E-state index contributed by atoms with van der Waals surface area (Å²) in [7, 11) is 0. The fourth-order valence-electron chi connectivity index (χ4n) is 1.34. The molecule has 0 radical (unpaired) electrons. The molecule has 1 unspecified atom stereocenters. The molecule has 0 aliphatic carbocycles. The van der Waals surface area contributed by atoms with Gasteiger partial charge in [0.05, 0.1) is 0 Å². The molecule has 1 aromatic rings. The zero-order valence-electron chi connectivity index (χ0n) is 10.8. The van der Waals surface area contributed by atoms with E-state index in [2.05, 4.69) is 0 Å². The first kappa shape index (κ1) is 17.2. The Morgan fingerprint density at radius 2 is 1.83 bits per heavy atom. The van der Waals surface area contributed by atoms with Crippen molar-refractivity contribution in [3.05, 3.63) is 34.9 Å². The second kappa shape index (κ2) is 6.98. The maximum Gasteiger partial charge on any atom is 0.323 e. The lowest BCUT2D eigenvalue weighted by molar-refractivity contribution is -0.156. The van der Waals surface area contributed by atoms with Crippen LogP contribution in [0.4, 0.5) is 0 Å². The molecule has 0 saturated heterocycles. The topological polar surface area (TPSA) is 52.3 Å². The minimum absolute atomic E-state index is 0. The first-order valence-corrected chi connectivity index (χ1v) is 5.88.